The zero-order valence-corrected chi connectivity index (χ0v) is 22.4. The van der Waals surface area contributed by atoms with Gasteiger partial charge in [-0.05, 0) is 73.5 Å². The highest BCUT2D eigenvalue weighted by molar-refractivity contribution is 8.18. The molecule has 0 radical (unpaired) electrons. The van der Waals surface area contributed by atoms with Gasteiger partial charge in [0.25, 0.3) is 11.1 Å². The Morgan fingerprint density at radius 1 is 1.11 bits per heavy atom. The fraction of sp³-hybridized carbons (Fsp3) is 0.321. The minimum atomic E-state index is -0.381. The highest BCUT2D eigenvalue weighted by Crippen LogP contribution is 2.26. The second-order valence-corrected chi connectivity index (χ2v) is 10.7. The molecule has 4 heterocycles. The quantitative estimate of drug-likeness (QED) is 0.420. The van der Waals surface area contributed by atoms with Crippen LogP contribution in [0.1, 0.15) is 24.2 Å². The predicted molar refractivity (Wildman–Crippen MR) is 152 cm³/mol. The summed E-state index contributed by atoms with van der Waals surface area (Å²) in [6.45, 7) is 3.41. The summed E-state index contributed by atoms with van der Waals surface area (Å²) in [7, 11) is 4.09. The van der Waals surface area contributed by atoms with Crippen molar-refractivity contribution in [2.24, 2.45) is 5.92 Å². The van der Waals surface area contributed by atoms with Crippen molar-refractivity contribution in [3.63, 3.8) is 0 Å². The number of anilines is 2. The normalized spacial score (nSPS) is 17.2. The number of nitrogens with zero attached hydrogens (tertiary/aromatic N) is 5. The van der Waals surface area contributed by atoms with Crippen LogP contribution in [0.15, 0.2) is 59.6 Å². The molecule has 0 saturated carbocycles. The molecule has 2 amide bonds. The number of pyridine rings is 1. The van der Waals surface area contributed by atoms with Crippen LogP contribution in [0, 0.1) is 5.92 Å². The van der Waals surface area contributed by atoms with Crippen molar-refractivity contribution < 1.29 is 9.59 Å². The lowest BCUT2D eigenvalue weighted by molar-refractivity contribution is -0.115. The minimum absolute atomic E-state index is 0.353. The first-order chi connectivity index (χ1) is 18.4. The molecule has 9 nitrogen and oxygen atoms in total. The first kappa shape index (κ1) is 25.9. The maximum atomic E-state index is 11.8. The van der Waals surface area contributed by atoms with E-state index < -0.39 is 0 Å². The van der Waals surface area contributed by atoms with Crippen LogP contribution >= 0.6 is 11.8 Å². The predicted octanol–water partition coefficient (Wildman–Crippen LogP) is 3.93. The Kier molecular flexibility index (Phi) is 8.00. The molecule has 0 aliphatic carbocycles. The van der Waals surface area contributed by atoms with Crippen molar-refractivity contribution in [1.82, 2.24) is 25.6 Å². The van der Waals surface area contributed by atoms with E-state index in [-0.39, 0.29) is 11.1 Å². The summed E-state index contributed by atoms with van der Waals surface area (Å²) in [5.74, 6) is 0.842. The lowest BCUT2D eigenvalue weighted by atomic mass is 9.97. The number of nitrogens with one attached hydrogen (secondary N) is 2. The molecule has 2 N–H and O–H groups in total. The number of hydrogen-bond donors (Lipinski definition) is 2. The van der Waals surface area contributed by atoms with E-state index in [2.05, 4.69) is 72.9 Å². The van der Waals surface area contributed by atoms with Crippen molar-refractivity contribution in [2.75, 3.05) is 43.5 Å². The van der Waals surface area contributed by atoms with Crippen LogP contribution in [0.25, 0.3) is 17.3 Å². The van der Waals surface area contributed by atoms with Gasteiger partial charge in [-0.1, -0.05) is 18.2 Å². The number of imide groups is 1. The second-order valence-electron chi connectivity index (χ2n) is 9.65. The fourth-order valence-corrected chi connectivity index (χ4v) is 5.24. The number of aromatic nitrogens is 3. The van der Waals surface area contributed by atoms with Crippen LogP contribution in [0.4, 0.5) is 16.4 Å². The number of carbonyl (C=O) groups is 2. The van der Waals surface area contributed by atoms with Gasteiger partial charge in [-0.15, -0.1) is 0 Å². The monoisotopic (exact) mass is 529 g/mol. The standard InChI is InChI=1S/C28H31N7O2S/c1-34(2)23-7-3-5-20(15-23)24-8-4-6-22(31-24)18-29-17-19-10-13-35(14-11-19)27-30-12-9-21(32-27)16-25-26(36)33-28(37)38-25/h3-9,12,15-16,19,29H,10-11,13-14,17-18H2,1-2H3,(H,33,36,37)/b25-16+. The smallest absolute Gasteiger partial charge is 0.290 e. The summed E-state index contributed by atoms with van der Waals surface area (Å²) >= 11 is 0.892. The molecule has 0 unspecified atom stereocenters. The molecule has 3 aromatic rings. The average Bonchev–Trinajstić information content (AvgIpc) is 3.25. The first-order valence-corrected chi connectivity index (χ1v) is 13.5. The molecule has 2 aliphatic heterocycles. The van der Waals surface area contributed by atoms with Crippen molar-refractivity contribution in [1.29, 1.82) is 0 Å². The van der Waals surface area contributed by atoms with Crippen LogP contribution in [-0.4, -0.2) is 59.8 Å². The number of carbonyl (C=O) groups excluding carboxylic acids is 2. The van der Waals surface area contributed by atoms with Gasteiger partial charge in [0.15, 0.2) is 0 Å². The van der Waals surface area contributed by atoms with Crippen molar-refractivity contribution in [3.05, 3.63) is 71.0 Å². The Morgan fingerprint density at radius 3 is 2.68 bits per heavy atom. The van der Waals surface area contributed by atoms with Crippen LogP contribution in [0.2, 0.25) is 0 Å². The Balaban J connectivity index is 1.12. The number of hydrogen-bond acceptors (Lipinski definition) is 9. The van der Waals surface area contributed by atoms with Crippen LogP contribution in [0.3, 0.4) is 0 Å². The third-order valence-electron chi connectivity index (χ3n) is 6.69. The van der Waals surface area contributed by atoms with E-state index in [4.69, 9.17) is 4.98 Å². The van der Waals surface area contributed by atoms with E-state index in [0.29, 0.717) is 22.5 Å². The largest absolute Gasteiger partial charge is 0.378 e. The minimum Gasteiger partial charge on any atom is -0.378 e. The molecule has 1 aromatic carbocycles. The third kappa shape index (κ3) is 6.38. The van der Waals surface area contributed by atoms with Gasteiger partial charge in [0.05, 0.1) is 22.0 Å². The molecule has 2 saturated heterocycles. The van der Waals surface area contributed by atoms with Gasteiger partial charge in [-0.2, -0.15) is 0 Å². The lowest BCUT2D eigenvalue weighted by Gasteiger charge is -2.32. The van der Waals surface area contributed by atoms with Gasteiger partial charge >= 0.3 is 0 Å². The Morgan fingerprint density at radius 2 is 1.92 bits per heavy atom. The summed E-state index contributed by atoms with van der Waals surface area (Å²) in [5.41, 5.74) is 4.91. The number of amides is 2. The maximum absolute atomic E-state index is 11.8. The SMILES string of the molecule is CN(C)c1cccc(-c2cccc(CNCC3CCN(c4nccc(/C=C5/SC(=O)NC5=O)n4)CC3)n2)c1. The van der Waals surface area contributed by atoms with E-state index in [1.54, 1.807) is 18.3 Å². The van der Waals surface area contributed by atoms with Gasteiger partial charge in [-0.25, -0.2) is 9.97 Å². The molecular weight excluding hydrogens is 498 g/mol. The molecule has 0 atom stereocenters. The number of thioether (sulfide) groups is 1. The zero-order chi connectivity index (χ0) is 26.5. The summed E-state index contributed by atoms with van der Waals surface area (Å²) in [4.78, 5) is 41.8. The number of rotatable bonds is 8. The average molecular weight is 530 g/mol. The molecular formula is C28H31N7O2S. The molecule has 38 heavy (non-hydrogen) atoms. The summed E-state index contributed by atoms with van der Waals surface area (Å²) < 4.78 is 0. The third-order valence-corrected chi connectivity index (χ3v) is 7.50. The van der Waals surface area contributed by atoms with Crippen molar-refractivity contribution >= 4 is 40.6 Å². The van der Waals surface area contributed by atoms with Gasteiger partial charge in [0.1, 0.15) is 0 Å². The number of benzene rings is 1. The molecule has 0 spiro atoms. The summed E-state index contributed by atoms with van der Waals surface area (Å²) in [5, 5.41) is 5.50. The van der Waals surface area contributed by atoms with Crippen molar-refractivity contribution in [3.8, 4) is 11.3 Å². The second kappa shape index (κ2) is 11.7. The first-order valence-electron chi connectivity index (χ1n) is 12.7. The molecule has 5 rings (SSSR count). The van der Waals surface area contributed by atoms with Gasteiger partial charge in [-0.3, -0.25) is 19.9 Å². The molecule has 196 valence electrons. The Hall–Kier alpha value is -3.76. The summed E-state index contributed by atoms with van der Waals surface area (Å²) in [6, 6.07) is 16.4. The van der Waals surface area contributed by atoms with E-state index >= 15 is 0 Å². The molecule has 2 aromatic heterocycles. The van der Waals surface area contributed by atoms with E-state index in [9.17, 15) is 9.59 Å². The van der Waals surface area contributed by atoms with Crippen molar-refractivity contribution in [2.45, 2.75) is 19.4 Å². The molecule has 0 bridgehead atoms. The highest BCUT2D eigenvalue weighted by Gasteiger charge is 2.25. The fourth-order valence-electron chi connectivity index (χ4n) is 4.57. The molecule has 10 heteroatoms. The van der Waals surface area contributed by atoms with Gasteiger partial charge < -0.3 is 15.1 Å². The van der Waals surface area contributed by atoms with Gasteiger partial charge in [0.2, 0.25) is 5.95 Å². The Labute approximate surface area is 226 Å². The topological polar surface area (TPSA) is 103 Å². The maximum Gasteiger partial charge on any atom is 0.290 e. The summed E-state index contributed by atoms with van der Waals surface area (Å²) in [6.07, 6.45) is 5.41. The zero-order valence-electron chi connectivity index (χ0n) is 21.6. The van der Waals surface area contributed by atoms with Crippen LogP contribution in [0.5, 0.6) is 0 Å². The highest BCUT2D eigenvalue weighted by atomic mass is 32.2. The van der Waals surface area contributed by atoms with E-state index in [0.717, 1.165) is 73.4 Å². The Bertz CT molecular complexity index is 1350. The van der Waals surface area contributed by atoms with Crippen LogP contribution < -0.4 is 20.4 Å². The molecule has 2 fully saturated rings. The lowest BCUT2D eigenvalue weighted by Crippen LogP contribution is -2.38. The van der Waals surface area contributed by atoms with Gasteiger partial charge in [0, 0.05) is 51.2 Å². The van der Waals surface area contributed by atoms with Crippen LogP contribution in [-0.2, 0) is 11.3 Å². The molecule has 2 aliphatic rings. The van der Waals surface area contributed by atoms with E-state index in [1.807, 2.05) is 14.1 Å². The van der Waals surface area contributed by atoms with E-state index in [1.165, 1.54) is 0 Å². The number of piperidine rings is 1.